The van der Waals surface area contributed by atoms with E-state index in [1.165, 1.54) is 29.3 Å². The highest BCUT2D eigenvalue weighted by atomic mass is 79.9. The van der Waals surface area contributed by atoms with Crippen LogP contribution in [0.25, 0.3) is 0 Å². The van der Waals surface area contributed by atoms with Crippen LogP contribution in [0.3, 0.4) is 0 Å². The summed E-state index contributed by atoms with van der Waals surface area (Å²) < 4.78 is 1.19. The minimum Gasteiger partial charge on any atom is -0.317 e. The molecule has 1 nitrogen and oxygen atoms in total. The van der Waals surface area contributed by atoms with Crippen molar-refractivity contribution >= 4 is 15.9 Å². The van der Waals surface area contributed by atoms with E-state index >= 15 is 0 Å². The Bertz CT molecular complexity index is 336. The molecule has 0 aliphatic carbocycles. The van der Waals surface area contributed by atoms with E-state index in [-0.39, 0.29) is 0 Å². The van der Waals surface area contributed by atoms with Gasteiger partial charge in [0.05, 0.1) is 0 Å². The van der Waals surface area contributed by atoms with Crippen LogP contribution in [-0.2, 0) is 6.42 Å². The van der Waals surface area contributed by atoms with Gasteiger partial charge < -0.3 is 5.32 Å². The summed E-state index contributed by atoms with van der Waals surface area (Å²) in [7, 11) is 0. The highest BCUT2D eigenvalue weighted by Crippen LogP contribution is 2.19. The van der Waals surface area contributed by atoms with E-state index in [2.05, 4.69) is 66.3 Å². The summed E-state index contributed by atoms with van der Waals surface area (Å²) in [5, 5.41) is 3.50. The van der Waals surface area contributed by atoms with E-state index in [1.807, 2.05) is 0 Å². The summed E-state index contributed by atoms with van der Waals surface area (Å²) in [5.41, 5.74) is 1.44. The molecule has 1 aromatic rings. The van der Waals surface area contributed by atoms with Crippen LogP contribution >= 0.6 is 15.9 Å². The Labute approximate surface area is 120 Å². The fourth-order valence-electron chi connectivity index (χ4n) is 2.19. The third kappa shape index (κ3) is 6.55. The normalized spacial score (nSPS) is 12.9. The Hall–Kier alpha value is -0.340. The maximum Gasteiger partial charge on any atom is 0.0177 e. The van der Waals surface area contributed by atoms with Gasteiger partial charge in [0.1, 0.15) is 0 Å². The van der Waals surface area contributed by atoms with E-state index in [1.54, 1.807) is 0 Å². The summed E-state index contributed by atoms with van der Waals surface area (Å²) in [6, 6.07) is 8.70. The highest BCUT2D eigenvalue weighted by molar-refractivity contribution is 9.10. The Kier molecular flexibility index (Phi) is 7.60. The van der Waals surface area contributed by atoms with Gasteiger partial charge in [-0.1, -0.05) is 55.3 Å². The zero-order chi connectivity index (χ0) is 13.4. The molecular weight excluding hydrogens is 286 g/mol. The first-order valence-electron chi connectivity index (χ1n) is 7.07. The van der Waals surface area contributed by atoms with Gasteiger partial charge in [0.15, 0.2) is 0 Å². The van der Waals surface area contributed by atoms with E-state index < -0.39 is 0 Å². The topological polar surface area (TPSA) is 12.0 Å². The summed E-state index contributed by atoms with van der Waals surface area (Å²) in [4.78, 5) is 0. The Morgan fingerprint density at radius 1 is 1.22 bits per heavy atom. The molecule has 0 amide bonds. The lowest BCUT2D eigenvalue weighted by Gasteiger charge is -2.18. The van der Waals surface area contributed by atoms with Gasteiger partial charge in [-0.25, -0.2) is 0 Å². The van der Waals surface area contributed by atoms with Crippen LogP contribution < -0.4 is 5.32 Å². The first-order chi connectivity index (χ1) is 8.61. The van der Waals surface area contributed by atoms with Crippen LogP contribution in [0.2, 0.25) is 0 Å². The lowest BCUT2D eigenvalue weighted by molar-refractivity contribution is 0.402. The van der Waals surface area contributed by atoms with Gasteiger partial charge in [0, 0.05) is 4.47 Å². The summed E-state index contributed by atoms with van der Waals surface area (Å²) in [5.74, 6) is 1.55. The molecule has 1 N–H and O–H groups in total. The fraction of sp³-hybridized carbons (Fsp3) is 0.625. The standard InChI is InChI=1S/C16H26BrN/c1-4-18-12-15(9-8-13(2)3)10-14-6-5-7-16(17)11-14/h5-7,11,13,15,18H,4,8-10,12H2,1-3H3. The van der Waals surface area contributed by atoms with Crippen molar-refractivity contribution in [1.82, 2.24) is 5.32 Å². The van der Waals surface area contributed by atoms with Gasteiger partial charge >= 0.3 is 0 Å². The molecule has 0 bridgehead atoms. The molecule has 0 fully saturated rings. The lowest BCUT2D eigenvalue weighted by Crippen LogP contribution is -2.24. The molecule has 2 heteroatoms. The minimum absolute atomic E-state index is 0.752. The predicted octanol–water partition coefficient (Wildman–Crippen LogP) is 4.65. The Balaban J connectivity index is 2.53. The van der Waals surface area contributed by atoms with Crippen LogP contribution in [0.1, 0.15) is 39.2 Å². The molecule has 18 heavy (non-hydrogen) atoms. The largest absolute Gasteiger partial charge is 0.317 e. The first kappa shape index (κ1) is 15.7. The second-order valence-corrected chi connectivity index (χ2v) is 6.39. The number of hydrogen-bond acceptors (Lipinski definition) is 1. The van der Waals surface area contributed by atoms with Crippen molar-refractivity contribution in [3.05, 3.63) is 34.3 Å². The van der Waals surface area contributed by atoms with Crippen molar-refractivity contribution in [2.24, 2.45) is 11.8 Å². The third-order valence-electron chi connectivity index (χ3n) is 3.25. The zero-order valence-electron chi connectivity index (χ0n) is 11.9. The number of hydrogen-bond donors (Lipinski definition) is 1. The molecular formula is C16H26BrN. The maximum atomic E-state index is 3.55. The highest BCUT2D eigenvalue weighted by Gasteiger charge is 2.10. The summed E-state index contributed by atoms with van der Waals surface area (Å²) in [6.45, 7) is 9.00. The second-order valence-electron chi connectivity index (χ2n) is 5.48. The molecule has 0 aromatic heterocycles. The molecule has 0 radical (unpaired) electrons. The van der Waals surface area contributed by atoms with Crippen molar-refractivity contribution in [2.45, 2.75) is 40.0 Å². The minimum atomic E-state index is 0.752. The summed E-state index contributed by atoms with van der Waals surface area (Å²) in [6.07, 6.45) is 3.82. The van der Waals surface area contributed by atoms with E-state index in [0.717, 1.165) is 24.9 Å². The van der Waals surface area contributed by atoms with Gasteiger partial charge in [-0.2, -0.15) is 0 Å². The predicted molar refractivity (Wildman–Crippen MR) is 84.0 cm³/mol. The van der Waals surface area contributed by atoms with Gasteiger partial charge in [-0.05, 0) is 55.5 Å². The monoisotopic (exact) mass is 311 g/mol. The van der Waals surface area contributed by atoms with Crippen LogP contribution in [-0.4, -0.2) is 13.1 Å². The Morgan fingerprint density at radius 2 is 2.00 bits per heavy atom. The van der Waals surface area contributed by atoms with Gasteiger partial charge in [0.25, 0.3) is 0 Å². The molecule has 0 heterocycles. The van der Waals surface area contributed by atoms with E-state index in [9.17, 15) is 0 Å². The van der Waals surface area contributed by atoms with E-state index in [0.29, 0.717) is 0 Å². The van der Waals surface area contributed by atoms with Gasteiger partial charge in [0.2, 0.25) is 0 Å². The van der Waals surface area contributed by atoms with Crippen molar-refractivity contribution in [3.8, 4) is 0 Å². The van der Waals surface area contributed by atoms with Crippen LogP contribution in [0.15, 0.2) is 28.7 Å². The van der Waals surface area contributed by atoms with Crippen molar-refractivity contribution in [1.29, 1.82) is 0 Å². The quantitative estimate of drug-likeness (QED) is 0.736. The molecule has 1 rings (SSSR count). The zero-order valence-corrected chi connectivity index (χ0v) is 13.5. The fourth-order valence-corrected chi connectivity index (χ4v) is 2.64. The first-order valence-corrected chi connectivity index (χ1v) is 7.86. The van der Waals surface area contributed by atoms with Crippen LogP contribution in [0.4, 0.5) is 0 Å². The van der Waals surface area contributed by atoms with Crippen molar-refractivity contribution in [2.75, 3.05) is 13.1 Å². The molecule has 1 atom stereocenters. The van der Waals surface area contributed by atoms with Crippen LogP contribution in [0.5, 0.6) is 0 Å². The van der Waals surface area contributed by atoms with Crippen LogP contribution in [0, 0.1) is 11.8 Å². The molecule has 102 valence electrons. The third-order valence-corrected chi connectivity index (χ3v) is 3.74. The molecule has 1 aromatic carbocycles. The molecule has 0 spiro atoms. The summed E-state index contributed by atoms with van der Waals surface area (Å²) >= 11 is 3.55. The number of rotatable bonds is 8. The average Bonchev–Trinajstić information content (AvgIpc) is 2.32. The van der Waals surface area contributed by atoms with Crippen molar-refractivity contribution < 1.29 is 0 Å². The molecule has 0 aliphatic rings. The van der Waals surface area contributed by atoms with Gasteiger partial charge in [-0.3, -0.25) is 0 Å². The number of benzene rings is 1. The molecule has 0 saturated heterocycles. The second kappa shape index (κ2) is 8.71. The van der Waals surface area contributed by atoms with Gasteiger partial charge in [-0.15, -0.1) is 0 Å². The SMILES string of the molecule is CCNCC(CCC(C)C)Cc1cccc(Br)c1. The smallest absolute Gasteiger partial charge is 0.0177 e. The average molecular weight is 312 g/mol. The molecule has 0 aliphatic heterocycles. The maximum absolute atomic E-state index is 3.55. The van der Waals surface area contributed by atoms with Crippen molar-refractivity contribution in [3.63, 3.8) is 0 Å². The number of nitrogens with one attached hydrogen (secondary N) is 1. The molecule has 1 unspecified atom stereocenters. The molecule has 0 saturated carbocycles. The lowest BCUT2D eigenvalue weighted by atomic mass is 9.92. The Morgan fingerprint density at radius 3 is 2.61 bits per heavy atom. The van der Waals surface area contributed by atoms with E-state index in [4.69, 9.17) is 0 Å². The number of halogens is 1.